The van der Waals surface area contributed by atoms with E-state index in [1.165, 1.54) is 5.56 Å². The molecule has 0 bridgehead atoms. The third-order valence-electron chi connectivity index (χ3n) is 3.47. The first-order valence-electron chi connectivity index (χ1n) is 7.34. The van der Waals surface area contributed by atoms with Crippen molar-refractivity contribution in [3.8, 4) is 0 Å². The van der Waals surface area contributed by atoms with Gasteiger partial charge in [0.25, 0.3) is 0 Å². The van der Waals surface area contributed by atoms with Gasteiger partial charge in [0.1, 0.15) is 5.82 Å². The Morgan fingerprint density at radius 1 is 1.26 bits per heavy atom. The van der Waals surface area contributed by atoms with Crippen LogP contribution in [-0.2, 0) is 0 Å². The fraction of sp³-hybridized carbons (Fsp3) is 0.375. The molecule has 2 rings (SSSR count). The summed E-state index contributed by atoms with van der Waals surface area (Å²) >= 11 is 1.66. The molecule has 0 spiro atoms. The van der Waals surface area contributed by atoms with Crippen LogP contribution in [-0.4, -0.2) is 50.7 Å². The zero-order valence-corrected chi connectivity index (χ0v) is 14.7. The standard InChI is InChI=1S/C16H23N5OS/c1-20(2)14(12-7-8-23-11-12)10-18-16(22)19-13-5-6-15(17-9-13)21(3)4/h5-9,11,14H,10H2,1-4H3,(H2,18,19,22). The normalized spacial score (nSPS) is 12.0. The van der Waals surface area contributed by atoms with Gasteiger partial charge in [-0.15, -0.1) is 0 Å². The van der Waals surface area contributed by atoms with Crippen molar-refractivity contribution in [1.82, 2.24) is 15.2 Å². The van der Waals surface area contributed by atoms with Gasteiger partial charge in [-0.05, 0) is 48.6 Å². The lowest BCUT2D eigenvalue weighted by Gasteiger charge is -2.24. The van der Waals surface area contributed by atoms with Crippen LogP contribution >= 0.6 is 11.3 Å². The number of carbonyl (C=O) groups excluding carboxylic acids is 1. The lowest BCUT2D eigenvalue weighted by atomic mass is 10.1. The monoisotopic (exact) mass is 333 g/mol. The van der Waals surface area contributed by atoms with Gasteiger partial charge in [0.2, 0.25) is 0 Å². The number of carbonyl (C=O) groups is 1. The smallest absolute Gasteiger partial charge is 0.319 e. The highest BCUT2D eigenvalue weighted by Gasteiger charge is 2.15. The zero-order chi connectivity index (χ0) is 16.8. The minimum absolute atomic E-state index is 0.154. The molecule has 2 N–H and O–H groups in total. The fourth-order valence-electron chi connectivity index (χ4n) is 2.15. The van der Waals surface area contributed by atoms with Crippen molar-refractivity contribution in [2.24, 2.45) is 0 Å². The van der Waals surface area contributed by atoms with Gasteiger partial charge >= 0.3 is 6.03 Å². The van der Waals surface area contributed by atoms with Crippen LogP contribution in [0, 0.1) is 0 Å². The SMILES string of the molecule is CN(C)c1ccc(NC(=O)NCC(c2ccsc2)N(C)C)cn1. The van der Waals surface area contributed by atoms with Gasteiger partial charge in [-0.1, -0.05) is 0 Å². The molecule has 0 aliphatic heterocycles. The molecule has 0 saturated heterocycles. The lowest BCUT2D eigenvalue weighted by Crippen LogP contribution is -2.36. The molecule has 2 aromatic rings. The Morgan fingerprint density at radius 2 is 2.04 bits per heavy atom. The summed E-state index contributed by atoms with van der Waals surface area (Å²) < 4.78 is 0. The first-order valence-corrected chi connectivity index (χ1v) is 8.28. The van der Waals surface area contributed by atoms with Crippen LogP contribution in [0.15, 0.2) is 35.2 Å². The lowest BCUT2D eigenvalue weighted by molar-refractivity contribution is 0.243. The van der Waals surface area contributed by atoms with Crippen molar-refractivity contribution in [2.45, 2.75) is 6.04 Å². The van der Waals surface area contributed by atoms with Crippen LogP contribution < -0.4 is 15.5 Å². The molecule has 0 aliphatic rings. The number of amides is 2. The van der Waals surface area contributed by atoms with Crippen LogP contribution in [0.4, 0.5) is 16.3 Å². The van der Waals surface area contributed by atoms with E-state index in [9.17, 15) is 4.79 Å². The van der Waals surface area contributed by atoms with Crippen molar-refractivity contribution in [2.75, 3.05) is 45.0 Å². The van der Waals surface area contributed by atoms with Gasteiger partial charge in [0, 0.05) is 20.6 Å². The summed E-state index contributed by atoms with van der Waals surface area (Å²) in [5.74, 6) is 0.848. The molecular formula is C16H23N5OS. The summed E-state index contributed by atoms with van der Waals surface area (Å²) in [7, 11) is 7.86. The number of rotatable bonds is 6. The molecular weight excluding hydrogens is 310 g/mol. The molecule has 2 aromatic heterocycles. The number of hydrogen-bond donors (Lipinski definition) is 2. The number of aromatic nitrogens is 1. The Kier molecular flexibility index (Phi) is 5.95. The molecule has 2 amide bonds. The molecule has 0 fully saturated rings. The highest BCUT2D eigenvalue weighted by atomic mass is 32.1. The minimum atomic E-state index is -0.230. The highest BCUT2D eigenvalue weighted by molar-refractivity contribution is 7.07. The number of urea groups is 1. The first kappa shape index (κ1) is 17.2. The molecule has 0 saturated carbocycles. The second-order valence-electron chi connectivity index (χ2n) is 5.67. The van der Waals surface area contributed by atoms with E-state index in [0.29, 0.717) is 12.2 Å². The van der Waals surface area contributed by atoms with E-state index >= 15 is 0 Å². The quantitative estimate of drug-likeness (QED) is 0.853. The van der Waals surface area contributed by atoms with Gasteiger partial charge in [-0.2, -0.15) is 11.3 Å². The van der Waals surface area contributed by atoms with E-state index in [-0.39, 0.29) is 12.1 Å². The van der Waals surface area contributed by atoms with Gasteiger partial charge < -0.3 is 20.4 Å². The Morgan fingerprint density at radius 3 is 2.57 bits per heavy atom. The van der Waals surface area contributed by atoms with E-state index in [1.54, 1.807) is 17.5 Å². The Bertz CT molecular complexity index is 610. The van der Waals surface area contributed by atoms with E-state index in [2.05, 4.69) is 32.0 Å². The molecule has 0 radical (unpaired) electrons. The summed E-state index contributed by atoms with van der Waals surface area (Å²) in [4.78, 5) is 20.3. The average Bonchev–Trinajstić information content (AvgIpc) is 3.01. The molecule has 1 unspecified atom stereocenters. The van der Waals surface area contributed by atoms with Gasteiger partial charge in [-0.25, -0.2) is 9.78 Å². The molecule has 1 atom stereocenters. The molecule has 2 heterocycles. The van der Waals surface area contributed by atoms with Crippen molar-refractivity contribution in [3.05, 3.63) is 40.7 Å². The number of anilines is 2. The summed E-state index contributed by atoms with van der Waals surface area (Å²) in [6, 6.07) is 5.71. The highest BCUT2D eigenvalue weighted by Crippen LogP contribution is 2.20. The Hall–Kier alpha value is -2.12. The van der Waals surface area contributed by atoms with Gasteiger partial charge in [-0.3, -0.25) is 0 Å². The summed E-state index contributed by atoms with van der Waals surface area (Å²) in [5.41, 5.74) is 1.88. The molecule has 6 nitrogen and oxygen atoms in total. The number of nitrogens with one attached hydrogen (secondary N) is 2. The number of pyridine rings is 1. The van der Waals surface area contributed by atoms with E-state index in [0.717, 1.165) is 5.82 Å². The minimum Gasteiger partial charge on any atom is -0.363 e. The van der Waals surface area contributed by atoms with Crippen molar-refractivity contribution in [3.63, 3.8) is 0 Å². The maximum absolute atomic E-state index is 12.1. The predicted molar refractivity (Wildman–Crippen MR) is 96.3 cm³/mol. The molecule has 124 valence electrons. The topological polar surface area (TPSA) is 60.5 Å². The second-order valence-corrected chi connectivity index (χ2v) is 6.45. The summed E-state index contributed by atoms with van der Waals surface area (Å²) in [6.07, 6.45) is 1.65. The molecule has 7 heteroatoms. The van der Waals surface area contributed by atoms with Crippen molar-refractivity contribution >= 4 is 28.9 Å². The van der Waals surface area contributed by atoms with Crippen LogP contribution in [0.5, 0.6) is 0 Å². The Labute approximate surface area is 141 Å². The number of thiophene rings is 1. The largest absolute Gasteiger partial charge is 0.363 e. The van der Waals surface area contributed by atoms with Crippen LogP contribution in [0.25, 0.3) is 0 Å². The van der Waals surface area contributed by atoms with Crippen molar-refractivity contribution < 1.29 is 4.79 Å². The number of nitrogens with zero attached hydrogens (tertiary/aromatic N) is 3. The van der Waals surface area contributed by atoms with Crippen LogP contribution in [0.2, 0.25) is 0 Å². The molecule has 0 aliphatic carbocycles. The number of likely N-dealkylation sites (N-methyl/N-ethyl adjacent to an activating group) is 1. The van der Waals surface area contributed by atoms with Gasteiger partial charge in [0.15, 0.2) is 0 Å². The first-order chi connectivity index (χ1) is 11.0. The summed E-state index contributed by atoms with van der Waals surface area (Å²) in [6.45, 7) is 0.540. The fourth-order valence-corrected chi connectivity index (χ4v) is 2.86. The predicted octanol–water partition coefficient (Wildman–Crippen LogP) is 2.63. The van der Waals surface area contributed by atoms with Crippen LogP contribution in [0.1, 0.15) is 11.6 Å². The van der Waals surface area contributed by atoms with E-state index < -0.39 is 0 Å². The summed E-state index contributed by atoms with van der Waals surface area (Å²) in [5, 5.41) is 9.86. The maximum Gasteiger partial charge on any atom is 0.319 e. The third kappa shape index (κ3) is 4.94. The second kappa shape index (κ2) is 7.94. The van der Waals surface area contributed by atoms with E-state index in [1.807, 2.05) is 50.6 Å². The van der Waals surface area contributed by atoms with E-state index in [4.69, 9.17) is 0 Å². The Balaban J connectivity index is 1.89. The third-order valence-corrected chi connectivity index (χ3v) is 4.17. The molecule has 23 heavy (non-hydrogen) atoms. The average molecular weight is 333 g/mol. The van der Waals surface area contributed by atoms with Gasteiger partial charge in [0.05, 0.1) is 17.9 Å². The van der Waals surface area contributed by atoms with Crippen molar-refractivity contribution in [1.29, 1.82) is 0 Å². The van der Waals surface area contributed by atoms with Crippen LogP contribution in [0.3, 0.4) is 0 Å². The maximum atomic E-state index is 12.1. The zero-order valence-electron chi connectivity index (χ0n) is 13.9. The molecule has 0 aromatic carbocycles. The number of hydrogen-bond acceptors (Lipinski definition) is 5.